The Hall–Kier alpha value is -0.690. The van der Waals surface area contributed by atoms with E-state index in [1.54, 1.807) is 0 Å². The minimum atomic E-state index is 0.608. The molecule has 1 nitrogen and oxygen atoms in total. The lowest BCUT2D eigenvalue weighted by Crippen LogP contribution is -2.34. The molecule has 1 saturated heterocycles. The summed E-state index contributed by atoms with van der Waals surface area (Å²) in [6, 6.07) is 8.00. The van der Waals surface area contributed by atoms with Crippen molar-refractivity contribution in [3.8, 4) is 0 Å². The van der Waals surface area contributed by atoms with Gasteiger partial charge in [-0.15, -0.1) is 11.6 Å². The largest absolute Gasteiger partial charge is 0.366 e. The van der Waals surface area contributed by atoms with E-state index in [1.807, 2.05) is 0 Å². The Balaban J connectivity index is 2.38. The van der Waals surface area contributed by atoms with Gasteiger partial charge >= 0.3 is 0 Å². The molecule has 2 atom stereocenters. The van der Waals surface area contributed by atoms with Crippen molar-refractivity contribution in [3.05, 3.63) is 29.3 Å². The van der Waals surface area contributed by atoms with Crippen LogP contribution in [0.15, 0.2) is 18.2 Å². The predicted molar refractivity (Wildman–Crippen MR) is 76.0 cm³/mol. The van der Waals surface area contributed by atoms with E-state index >= 15 is 0 Å². The van der Waals surface area contributed by atoms with Gasteiger partial charge in [0.1, 0.15) is 0 Å². The van der Waals surface area contributed by atoms with E-state index in [9.17, 15) is 0 Å². The van der Waals surface area contributed by atoms with Crippen molar-refractivity contribution in [2.75, 3.05) is 4.90 Å². The molecular weight excluding hydrogens is 230 g/mol. The van der Waals surface area contributed by atoms with Crippen LogP contribution in [0.4, 0.5) is 5.69 Å². The molecule has 2 rings (SSSR count). The second-order valence-electron chi connectivity index (χ2n) is 5.16. The zero-order valence-corrected chi connectivity index (χ0v) is 11.8. The number of rotatable bonds is 3. The molecule has 17 heavy (non-hydrogen) atoms. The monoisotopic (exact) mass is 251 g/mol. The second kappa shape index (κ2) is 5.30. The molecule has 1 fully saturated rings. The first-order valence-electron chi connectivity index (χ1n) is 6.61. The van der Waals surface area contributed by atoms with Crippen LogP contribution in [0, 0.1) is 6.92 Å². The molecule has 0 spiro atoms. The van der Waals surface area contributed by atoms with Gasteiger partial charge in [0.15, 0.2) is 0 Å². The molecule has 2 heteroatoms. The van der Waals surface area contributed by atoms with Crippen molar-refractivity contribution in [1.82, 2.24) is 0 Å². The van der Waals surface area contributed by atoms with Crippen LogP contribution in [0.5, 0.6) is 0 Å². The second-order valence-corrected chi connectivity index (χ2v) is 5.43. The Morgan fingerprint density at radius 1 is 1.35 bits per heavy atom. The molecule has 0 N–H and O–H groups in total. The maximum Gasteiger partial charge on any atom is 0.0494 e. The number of benzene rings is 1. The van der Waals surface area contributed by atoms with Gasteiger partial charge in [-0.1, -0.05) is 24.6 Å². The standard InChI is InChI=1S/C15H22ClN/c1-4-14-7-6-12(3)17(14)15-8-5-11(2)9-13(15)10-16/h5,8-9,12,14H,4,6-7,10H2,1-3H3. The highest BCUT2D eigenvalue weighted by Gasteiger charge is 2.30. The molecule has 0 amide bonds. The normalized spacial score (nSPS) is 24.4. The van der Waals surface area contributed by atoms with Crippen molar-refractivity contribution >= 4 is 17.3 Å². The first-order valence-corrected chi connectivity index (χ1v) is 7.14. The third-order valence-corrected chi connectivity index (χ3v) is 4.20. The molecule has 2 unspecified atom stereocenters. The first kappa shape index (κ1) is 12.8. The van der Waals surface area contributed by atoms with Crippen LogP contribution in [0.3, 0.4) is 0 Å². The highest BCUT2D eigenvalue weighted by Crippen LogP contribution is 2.35. The van der Waals surface area contributed by atoms with Crippen LogP contribution >= 0.6 is 11.6 Å². The van der Waals surface area contributed by atoms with Crippen LogP contribution in [0.2, 0.25) is 0 Å². The Bertz CT molecular complexity index is 389. The fourth-order valence-corrected chi connectivity index (χ4v) is 3.19. The summed E-state index contributed by atoms with van der Waals surface area (Å²) < 4.78 is 0. The molecule has 1 aromatic rings. The van der Waals surface area contributed by atoms with E-state index in [1.165, 1.54) is 36.1 Å². The van der Waals surface area contributed by atoms with E-state index in [0.29, 0.717) is 18.0 Å². The number of hydrogen-bond acceptors (Lipinski definition) is 1. The minimum Gasteiger partial charge on any atom is -0.366 e. The molecule has 0 radical (unpaired) electrons. The maximum atomic E-state index is 6.09. The van der Waals surface area contributed by atoms with E-state index in [0.717, 1.165) is 0 Å². The zero-order valence-electron chi connectivity index (χ0n) is 11.0. The summed E-state index contributed by atoms with van der Waals surface area (Å²) in [7, 11) is 0. The molecule has 0 aromatic heterocycles. The maximum absolute atomic E-state index is 6.09. The summed E-state index contributed by atoms with van der Waals surface area (Å²) in [6.07, 6.45) is 3.83. The third-order valence-electron chi connectivity index (χ3n) is 3.91. The van der Waals surface area contributed by atoms with Gasteiger partial charge in [-0.05, 0) is 44.7 Å². The molecule has 1 aromatic carbocycles. The molecule has 0 saturated carbocycles. The Kier molecular flexibility index (Phi) is 3.98. The van der Waals surface area contributed by atoms with Gasteiger partial charge in [-0.2, -0.15) is 0 Å². The fourth-order valence-electron chi connectivity index (χ4n) is 2.98. The number of nitrogens with zero attached hydrogens (tertiary/aromatic N) is 1. The molecule has 0 bridgehead atoms. The first-order chi connectivity index (χ1) is 8.17. The summed E-state index contributed by atoms with van der Waals surface area (Å²) >= 11 is 6.09. The van der Waals surface area contributed by atoms with E-state index in [-0.39, 0.29) is 0 Å². The van der Waals surface area contributed by atoms with Crippen LogP contribution in [0.25, 0.3) is 0 Å². The summed E-state index contributed by atoms with van der Waals surface area (Å²) in [5.74, 6) is 0.608. The number of anilines is 1. The number of aryl methyl sites for hydroxylation is 1. The van der Waals surface area contributed by atoms with Gasteiger partial charge in [0.05, 0.1) is 0 Å². The van der Waals surface area contributed by atoms with Gasteiger partial charge < -0.3 is 4.90 Å². The van der Waals surface area contributed by atoms with Crippen molar-refractivity contribution < 1.29 is 0 Å². The van der Waals surface area contributed by atoms with Crippen molar-refractivity contribution in [2.24, 2.45) is 0 Å². The Labute approximate surface area is 110 Å². The smallest absolute Gasteiger partial charge is 0.0494 e. The number of alkyl halides is 1. The fraction of sp³-hybridized carbons (Fsp3) is 0.600. The molecule has 94 valence electrons. The SMILES string of the molecule is CCC1CCC(C)N1c1ccc(C)cc1CCl. The van der Waals surface area contributed by atoms with E-state index in [2.05, 4.69) is 43.9 Å². The zero-order chi connectivity index (χ0) is 12.4. The van der Waals surface area contributed by atoms with Crippen molar-refractivity contribution in [1.29, 1.82) is 0 Å². The van der Waals surface area contributed by atoms with Gasteiger partial charge in [-0.25, -0.2) is 0 Å². The molecule has 1 heterocycles. The van der Waals surface area contributed by atoms with Gasteiger partial charge in [0.2, 0.25) is 0 Å². The topological polar surface area (TPSA) is 3.24 Å². The number of halogens is 1. The molecule has 0 aliphatic carbocycles. The van der Waals surface area contributed by atoms with E-state index in [4.69, 9.17) is 11.6 Å². The summed E-state index contributed by atoms with van der Waals surface area (Å²) in [5, 5.41) is 0. The molecular formula is C15H22ClN. The van der Waals surface area contributed by atoms with Gasteiger partial charge in [0, 0.05) is 23.7 Å². The third kappa shape index (κ3) is 2.44. The lowest BCUT2D eigenvalue weighted by molar-refractivity contribution is 0.626. The van der Waals surface area contributed by atoms with Crippen molar-refractivity contribution in [2.45, 2.75) is 58.0 Å². The minimum absolute atomic E-state index is 0.608. The number of hydrogen-bond donors (Lipinski definition) is 0. The highest BCUT2D eigenvalue weighted by molar-refractivity contribution is 6.17. The Morgan fingerprint density at radius 3 is 2.76 bits per heavy atom. The predicted octanol–water partition coefficient (Wildman–Crippen LogP) is 4.50. The average Bonchev–Trinajstić information content (AvgIpc) is 2.70. The summed E-state index contributed by atoms with van der Waals surface area (Å²) in [5.41, 5.74) is 3.92. The summed E-state index contributed by atoms with van der Waals surface area (Å²) in [4.78, 5) is 2.58. The molecule has 1 aliphatic heterocycles. The Morgan fingerprint density at radius 2 is 2.12 bits per heavy atom. The van der Waals surface area contributed by atoms with Crippen LogP contribution in [-0.4, -0.2) is 12.1 Å². The lowest BCUT2D eigenvalue weighted by Gasteiger charge is -2.32. The lowest BCUT2D eigenvalue weighted by atomic mass is 10.1. The highest BCUT2D eigenvalue weighted by atomic mass is 35.5. The van der Waals surface area contributed by atoms with Gasteiger partial charge in [0.25, 0.3) is 0 Å². The van der Waals surface area contributed by atoms with Crippen LogP contribution in [0.1, 0.15) is 44.2 Å². The van der Waals surface area contributed by atoms with Crippen LogP contribution < -0.4 is 4.90 Å². The van der Waals surface area contributed by atoms with E-state index < -0.39 is 0 Å². The molecule has 1 aliphatic rings. The quantitative estimate of drug-likeness (QED) is 0.715. The van der Waals surface area contributed by atoms with Gasteiger partial charge in [-0.3, -0.25) is 0 Å². The average molecular weight is 252 g/mol. The summed E-state index contributed by atoms with van der Waals surface area (Å²) in [6.45, 7) is 6.74. The van der Waals surface area contributed by atoms with Crippen LogP contribution in [-0.2, 0) is 5.88 Å². The van der Waals surface area contributed by atoms with Crippen molar-refractivity contribution in [3.63, 3.8) is 0 Å².